The van der Waals surface area contributed by atoms with Crippen molar-refractivity contribution in [3.8, 4) is 5.88 Å². The molecule has 5 rings (SSSR count). The Hall–Kier alpha value is -2.49. The van der Waals surface area contributed by atoms with E-state index in [1.54, 1.807) is 11.3 Å². The van der Waals surface area contributed by atoms with Crippen molar-refractivity contribution in [3.63, 3.8) is 0 Å². The standard InChI is InChI=1S/C19H18FN5OS2/c20-13-3-5-14(6-4-13)23-7-9-24(10-8-23)16(15-2-1-11-27-15)17-18(26)25-19(28-17)21-12-22-25/h1-6,11-12,16,26H,7-10H2. The lowest BCUT2D eigenvalue weighted by Crippen LogP contribution is -2.47. The smallest absolute Gasteiger partial charge is 0.230 e. The zero-order valence-electron chi connectivity index (χ0n) is 14.9. The zero-order valence-corrected chi connectivity index (χ0v) is 16.5. The summed E-state index contributed by atoms with van der Waals surface area (Å²) < 4.78 is 14.7. The average Bonchev–Trinajstić information content (AvgIpc) is 3.45. The molecule has 1 aliphatic heterocycles. The van der Waals surface area contributed by atoms with Crippen LogP contribution in [0.25, 0.3) is 4.96 Å². The fraction of sp³-hybridized carbons (Fsp3) is 0.263. The van der Waals surface area contributed by atoms with Gasteiger partial charge in [-0.3, -0.25) is 4.90 Å². The fourth-order valence-electron chi connectivity index (χ4n) is 3.68. The van der Waals surface area contributed by atoms with Gasteiger partial charge in [-0.05, 0) is 35.7 Å². The summed E-state index contributed by atoms with van der Waals surface area (Å²) in [5.74, 6) is -0.0520. The van der Waals surface area contributed by atoms with Gasteiger partial charge in [-0.15, -0.1) is 11.3 Å². The van der Waals surface area contributed by atoms with Crippen LogP contribution in [0.3, 0.4) is 0 Å². The van der Waals surface area contributed by atoms with Gasteiger partial charge in [0.2, 0.25) is 10.8 Å². The summed E-state index contributed by atoms with van der Waals surface area (Å²) in [6, 6.07) is 10.8. The van der Waals surface area contributed by atoms with Crippen molar-refractivity contribution in [2.45, 2.75) is 6.04 Å². The first-order valence-corrected chi connectivity index (χ1v) is 10.7. The van der Waals surface area contributed by atoms with E-state index in [9.17, 15) is 9.50 Å². The topological polar surface area (TPSA) is 56.9 Å². The lowest BCUT2D eigenvalue weighted by Gasteiger charge is -2.39. The number of thiazole rings is 1. The van der Waals surface area contributed by atoms with E-state index in [0.717, 1.165) is 36.7 Å². The molecule has 6 nitrogen and oxygen atoms in total. The predicted octanol–water partition coefficient (Wildman–Crippen LogP) is 3.61. The van der Waals surface area contributed by atoms with Gasteiger partial charge in [-0.2, -0.15) is 9.61 Å². The van der Waals surface area contributed by atoms with Gasteiger partial charge in [0.25, 0.3) is 0 Å². The van der Waals surface area contributed by atoms with Crippen LogP contribution in [-0.4, -0.2) is 50.8 Å². The van der Waals surface area contributed by atoms with Crippen LogP contribution in [0, 0.1) is 5.82 Å². The number of aromatic nitrogens is 3. The van der Waals surface area contributed by atoms with Crippen LogP contribution in [-0.2, 0) is 0 Å². The molecule has 4 aromatic rings. The third kappa shape index (κ3) is 3.05. The Labute approximate surface area is 169 Å². The number of aromatic hydroxyl groups is 1. The molecule has 3 aromatic heterocycles. The van der Waals surface area contributed by atoms with Crippen LogP contribution in [0.2, 0.25) is 0 Å². The molecular formula is C19H18FN5OS2. The summed E-state index contributed by atoms with van der Waals surface area (Å²) in [5.41, 5.74) is 1.04. The monoisotopic (exact) mass is 415 g/mol. The summed E-state index contributed by atoms with van der Waals surface area (Å²) in [7, 11) is 0. The van der Waals surface area contributed by atoms with Gasteiger partial charge in [0, 0.05) is 36.7 Å². The van der Waals surface area contributed by atoms with E-state index >= 15 is 0 Å². The number of thiophene rings is 1. The van der Waals surface area contributed by atoms with Crippen molar-refractivity contribution >= 4 is 33.3 Å². The summed E-state index contributed by atoms with van der Waals surface area (Å²) in [4.78, 5) is 11.6. The van der Waals surface area contributed by atoms with Crippen molar-refractivity contribution < 1.29 is 9.50 Å². The van der Waals surface area contributed by atoms with Crippen molar-refractivity contribution in [3.05, 3.63) is 63.7 Å². The Morgan fingerprint density at radius 1 is 1.07 bits per heavy atom. The van der Waals surface area contributed by atoms with Crippen LogP contribution in [0.1, 0.15) is 15.8 Å². The second kappa shape index (κ2) is 7.16. The molecule has 0 saturated carbocycles. The Bertz CT molecular complexity index is 1070. The molecule has 1 saturated heterocycles. The zero-order chi connectivity index (χ0) is 19.1. The van der Waals surface area contributed by atoms with E-state index in [2.05, 4.69) is 31.3 Å². The Kier molecular flexibility index (Phi) is 4.50. The molecule has 0 aliphatic carbocycles. The highest BCUT2D eigenvalue weighted by Crippen LogP contribution is 2.41. The normalized spacial score (nSPS) is 16.7. The first-order valence-electron chi connectivity index (χ1n) is 9.00. The van der Waals surface area contributed by atoms with Gasteiger partial charge in [0.1, 0.15) is 12.1 Å². The molecule has 28 heavy (non-hydrogen) atoms. The molecular weight excluding hydrogens is 397 g/mol. The molecule has 4 heterocycles. The summed E-state index contributed by atoms with van der Waals surface area (Å²) >= 11 is 3.17. The van der Waals surface area contributed by atoms with Crippen LogP contribution < -0.4 is 4.90 Å². The Balaban J connectivity index is 1.42. The highest BCUT2D eigenvalue weighted by atomic mass is 32.1. The number of anilines is 1. The molecule has 1 aromatic carbocycles. The molecule has 1 N–H and O–H groups in total. The number of halogens is 1. The van der Waals surface area contributed by atoms with Crippen molar-refractivity contribution in [1.29, 1.82) is 0 Å². The minimum atomic E-state index is -0.216. The van der Waals surface area contributed by atoms with E-state index in [0.29, 0.717) is 4.96 Å². The maximum atomic E-state index is 13.2. The molecule has 1 atom stereocenters. The van der Waals surface area contributed by atoms with Crippen molar-refractivity contribution in [2.24, 2.45) is 0 Å². The number of hydrogen-bond donors (Lipinski definition) is 1. The highest BCUT2D eigenvalue weighted by molar-refractivity contribution is 7.17. The van der Waals surface area contributed by atoms with Crippen LogP contribution in [0.4, 0.5) is 10.1 Å². The predicted molar refractivity (Wildman–Crippen MR) is 109 cm³/mol. The maximum Gasteiger partial charge on any atom is 0.230 e. The first kappa shape index (κ1) is 17.6. The number of hydrogen-bond acceptors (Lipinski definition) is 7. The molecule has 1 aliphatic rings. The van der Waals surface area contributed by atoms with Crippen molar-refractivity contribution in [1.82, 2.24) is 19.5 Å². The summed E-state index contributed by atoms with van der Waals surface area (Å²) in [6.45, 7) is 3.37. The summed E-state index contributed by atoms with van der Waals surface area (Å²) in [6.07, 6.45) is 1.46. The fourth-order valence-corrected chi connectivity index (χ4v) is 5.71. The largest absolute Gasteiger partial charge is 0.492 e. The van der Waals surface area contributed by atoms with E-state index in [-0.39, 0.29) is 17.7 Å². The third-order valence-electron chi connectivity index (χ3n) is 5.07. The van der Waals surface area contributed by atoms with E-state index in [4.69, 9.17) is 0 Å². The highest BCUT2D eigenvalue weighted by Gasteiger charge is 2.32. The van der Waals surface area contributed by atoms with E-state index < -0.39 is 0 Å². The number of rotatable bonds is 4. The SMILES string of the molecule is Oc1c(C(c2cccs2)N2CCN(c3ccc(F)cc3)CC2)sc2ncnn12. The minimum Gasteiger partial charge on any atom is -0.492 e. The molecule has 1 fully saturated rings. The molecule has 0 bridgehead atoms. The molecule has 0 spiro atoms. The van der Waals surface area contributed by atoms with Crippen LogP contribution in [0.5, 0.6) is 5.88 Å². The van der Waals surface area contributed by atoms with E-state index in [1.807, 2.05) is 18.2 Å². The molecule has 0 radical (unpaired) electrons. The van der Waals surface area contributed by atoms with Crippen LogP contribution >= 0.6 is 22.7 Å². The van der Waals surface area contributed by atoms with Crippen molar-refractivity contribution in [2.75, 3.05) is 31.1 Å². The van der Waals surface area contributed by atoms with Gasteiger partial charge < -0.3 is 10.0 Å². The molecule has 144 valence electrons. The number of nitrogens with zero attached hydrogens (tertiary/aromatic N) is 5. The Morgan fingerprint density at radius 3 is 2.54 bits per heavy atom. The number of benzene rings is 1. The molecule has 1 unspecified atom stereocenters. The number of fused-ring (bicyclic) bond motifs is 1. The second-order valence-corrected chi connectivity index (χ2v) is 8.65. The van der Waals surface area contributed by atoms with Gasteiger partial charge >= 0.3 is 0 Å². The van der Waals surface area contributed by atoms with Crippen LogP contribution in [0.15, 0.2) is 48.1 Å². The average molecular weight is 416 g/mol. The van der Waals surface area contributed by atoms with E-state index in [1.165, 1.54) is 39.2 Å². The lowest BCUT2D eigenvalue weighted by atomic mass is 10.1. The van der Waals surface area contributed by atoms with Gasteiger partial charge in [0.05, 0.1) is 10.9 Å². The third-order valence-corrected chi connectivity index (χ3v) is 7.08. The number of piperazine rings is 1. The quantitative estimate of drug-likeness (QED) is 0.552. The Morgan fingerprint density at radius 2 is 1.86 bits per heavy atom. The van der Waals surface area contributed by atoms with Gasteiger partial charge in [-0.25, -0.2) is 9.37 Å². The molecule has 0 amide bonds. The first-order chi connectivity index (χ1) is 13.7. The second-order valence-electron chi connectivity index (χ2n) is 6.66. The molecule has 9 heteroatoms. The van der Waals surface area contributed by atoms with Gasteiger partial charge in [-0.1, -0.05) is 17.4 Å². The lowest BCUT2D eigenvalue weighted by molar-refractivity contribution is 0.213. The van der Waals surface area contributed by atoms with Gasteiger partial charge in [0.15, 0.2) is 0 Å². The maximum absolute atomic E-state index is 13.2. The minimum absolute atomic E-state index is 0.0242. The summed E-state index contributed by atoms with van der Waals surface area (Å²) in [5, 5.41) is 16.9.